The van der Waals surface area contributed by atoms with Gasteiger partial charge in [-0.2, -0.15) is 0 Å². The van der Waals surface area contributed by atoms with E-state index in [-0.39, 0.29) is 17.8 Å². The van der Waals surface area contributed by atoms with E-state index in [1.54, 1.807) is 31.9 Å². The Morgan fingerprint density at radius 2 is 1.64 bits per heavy atom. The third-order valence-corrected chi connectivity index (χ3v) is 7.40. The molecule has 1 saturated heterocycles. The highest BCUT2D eigenvalue weighted by molar-refractivity contribution is 5.88. The molecule has 4 aromatic carbocycles. The molecule has 4 aromatic rings. The molecule has 8 heteroatoms. The number of aromatic hydroxyl groups is 1. The van der Waals surface area contributed by atoms with Crippen LogP contribution in [0.2, 0.25) is 0 Å². The van der Waals surface area contributed by atoms with Crippen molar-refractivity contribution in [3.8, 4) is 11.5 Å². The van der Waals surface area contributed by atoms with Crippen LogP contribution in [-0.4, -0.2) is 54.3 Å². The Labute approximate surface area is 259 Å². The minimum Gasteiger partial charge on any atom is -0.507 e. The number of hydrogen-bond acceptors (Lipinski definition) is 8. The van der Waals surface area contributed by atoms with Crippen LogP contribution < -0.4 is 4.74 Å². The molecule has 0 radical (unpaired) electrons. The van der Waals surface area contributed by atoms with E-state index in [1.807, 2.05) is 72.8 Å². The van der Waals surface area contributed by atoms with Gasteiger partial charge in [0.25, 0.3) is 0 Å². The molecule has 232 valence electrons. The van der Waals surface area contributed by atoms with Gasteiger partial charge in [-0.1, -0.05) is 66.7 Å². The van der Waals surface area contributed by atoms with Crippen molar-refractivity contribution in [1.82, 2.24) is 5.06 Å². The van der Waals surface area contributed by atoms with Crippen molar-refractivity contribution in [2.75, 3.05) is 26.3 Å². The lowest BCUT2D eigenvalue weighted by molar-refractivity contribution is -0.179. The fourth-order valence-electron chi connectivity index (χ4n) is 5.33. The summed E-state index contributed by atoms with van der Waals surface area (Å²) in [4.78, 5) is 17.9. The summed E-state index contributed by atoms with van der Waals surface area (Å²) in [6, 6.07) is 29.6. The van der Waals surface area contributed by atoms with Gasteiger partial charge in [-0.25, -0.2) is 4.79 Å². The first kappa shape index (κ1) is 31.3. The standard InChI is InChI=1S/C36H41NO7/c1-36(2,3)43-35(39)44-37-18-17-32(34(23-37)42-25-27-21-29-11-7-8-12-31(29)33(38)22-27)28-13-15-30(16-14-28)41-20-19-40-24-26-9-5-4-6-10-26/h4-16,21-22,32,34,38H,17-20,23-25H2,1-3H3. The number of fused-ring (bicyclic) bond motifs is 1. The Hall–Kier alpha value is -4.11. The second-order valence-corrected chi connectivity index (χ2v) is 12.0. The van der Waals surface area contributed by atoms with Crippen molar-refractivity contribution in [3.05, 3.63) is 108 Å². The molecule has 1 N–H and O–H groups in total. The van der Waals surface area contributed by atoms with Gasteiger partial charge >= 0.3 is 6.16 Å². The summed E-state index contributed by atoms with van der Waals surface area (Å²) in [5, 5.41) is 13.9. The summed E-state index contributed by atoms with van der Waals surface area (Å²) in [5.74, 6) is 1.05. The fraction of sp³-hybridized carbons (Fsp3) is 0.361. The van der Waals surface area contributed by atoms with Crippen LogP contribution in [-0.2, 0) is 32.3 Å². The predicted octanol–water partition coefficient (Wildman–Crippen LogP) is 7.38. The molecule has 2 unspecified atom stereocenters. The molecule has 2 atom stereocenters. The van der Waals surface area contributed by atoms with Crippen LogP contribution >= 0.6 is 0 Å². The Bertz CT molecular complexity index is 1500. The van der Waals surface area contributed by atoms with Gasteiger partial charge in [-0.3, -0.25) is 0 Å². The maximum absolute atomic E-state index is 12.4. The van der Waals surface area contributed by atoms with Crippen molar-refractivity contribution in [2.45, 2.75) is 58.0 Å². The van der Waals surface area contributed by atoms with Crippen molar-refractivity contribution in [3.63, 3.8) is 0 Å². The summed E-state index contributed by atoms with van der Waals surface area (Å²) >= 11 is 0. The van der Waals surface area contributed by atoms with E-state index in [0.29, 0.717) is 45.9 Å². The number of hydrogen-bond donors (Lipinski definition) is 1. The molecule has 8 nitrogen and oxygen atoms in total. The second kappa shape index (κ2) is 14.6. The number of ether oxygens (including phenoxy) is 4. The number of nitrogens with zero attached hydrogens (tertiary/aromatic N) is 1. The highest BCUT2D eigenvalue weighted by Crippen LogP contribution is 2.33. The van der Waals surface area contributed by atoms with E-state index in [1.165, 1.54) is 0 Å². The summed E-state index contributed by atoms with van der Waals surface area (Å²) in [6.07, 6.45) is -0.300. The molecule has 44 heavy (non-hydrogen) atoms. The van der Waals surface area contributed by atoms with Crippen molar-refractivity contribution >= 4 is 16.9 Å². The molecule has 1 heterocycles. The highest BCUT2D eigenvalue weighted by atomic mass is 16.8. The summed E-state index contributed by atoms with van der Waals surface area (Å²) in [6.45, 7) is 8.12. The van der Waals surface area contributed by atoms with Crippen molar-refractivity contribution in [1.29, 1.82) is 0 Å². The molecule has 0 saturated carbocycles. The van der Waals surface area contributed by atoms with E-state index >= 15 is 0 Å². The zero-order valence-corrected chi connectivity index (χ0v) is 25.6. The van der Waals surface area contributed by atoms with Gasteiger partial charge in [0.2, 0.25) is 0 Å². The van der Waals surface area contributed by atoms with Crippen LogP contribution in [0.5, 0.6) is 11.5 Å². The quantitative estimate of drug-likeness (QED) is 0.141. The zero-order chi connectivity index (χ0) is 30.9. The lowest BCUT2D eigenvalue weighted by Gasteiger charge is -2.37. The van der Waals surface area contributed by atoms with Crippen LogP contribution in [0, 0.1) is 0 Å². The van der Waals surface area contributed by atoms with Gasteiger partial charge in [0.05, 0.1) is 32.5 Å². The van der Waals surface area contributed by atoms with Crippen LogP contribution in [0.15, 0.2) is 91.0 Å². The average Bonchev–Trinajstić information content (AvgIpc) is 3.00. The van der Waals surface area contributed by atoms with E-state index in [9.17, 15) is 9.90 Å². The molecule has 0 amide bonds. The highest BCUT2D eigenvalue weighted by Gasteiger charge is 2.34. The Morgan fingerprint density at radius 3 is 2.41 bits per heavy atom. The maximum Gasteiger partial charge on any atom is 0.528 e. The molecule has 0 aromatic heterocycles. The number of carbonyl (C=O) groups excluding carboxylic acids is 1. The smallest absolute Gasteiger partial charge is 0.507 e. The fourth-order valence-corrected chi connectivity index (χ4v) is 5.33. The molecule has 1 fully saturated rings. The molecule has 5 rings (SSSR count). The van der Waals surface area contributed by atoms with Gasteiger partial charge in [0.15, 0.2) is 0 Å². The molecule has 1 aliphatic heterocycles. The van der Waals surface area contributed by atoms with Crippen LogP contribution in [0.1, 0.15) is 49.8 Å². The number of phenols is 1. The third kappa shape index (κ3) is 8.95. The number of piperidine rings is 1. The molecular formula is C36H41NO7. The van der Waals surface area contributed by atoms with E-state index in [0.717, 1.165) is 33.2 Å². The summed E-state index contributed by atoms with van der Waals surface area (Å²) in [5.41, 5.74) is 2.46. The van der Waals surface area contributed by atoms with Gasteiger partial charge in [0.1, 0.15) is 23.7 Å². The van der Waals surface area contributed by atoms with Gasteiger partial charge in [-0.05, 0) is 73.5 Å². The zero-order valence-electron chi connectivity index (χ0n) is 25.6. The van der Waals surface area contributed by atoms with Gasteiger partial charge < -0.3 is 28.9 Å². The normalized spacial score (nSPS) is 17.3. The maximum atomic E-state index is 12.4. The molecule has 0 aliphatic carbocycles. The second-order valence-electron chi connectivity index (χ2n) is 12.0. The van der Waals surface area contributed by atoms with Crippen LogP contribution in [0.25, 0.3) is 10.8 Å². The number of rotatable bonds is 11. The van der Waals surface area contributed by atoms with E-state index in [2.05, 4.69) is 12.1 Å². The summed E-state index contributed by atoms with van der Waals surface area (Å²) in [7, 11) is 0. The summed E-state index contributed by atoms with van der Waals surface area (Å²) < 4.78 is 23.5. The first-order valence-corrected chi connectivity index (χ1v) is 15.1. The molecule has 1 aliphatic rings. The Balaban J connectivity index is 1.21. The first-order chi connectivity index (χ1) is 21.2. The number of benzene rings is 4. The monoisotopic (exact) mass is 599 g/mol. The predicted molar refractivity (Wildman–Crippen MR) is 168 cm³/mol. The Morgan fingerprint density at radius 1 is 0.886 bits per heavy atom. The number of phenolic OH excluding ortho intramolecular Hbond substituents is 1. The minimum atomic E-state index is -0.733. The van der Waals surface area contributed by atoms with Gasteiger partial charge in [-0.15, -0.1) is 5.06 Å². The molecule has 0 bridgehead atoms. The molecular weight excluding hydrogens is 558 g/mol. The first-order valence-electron chi connectivity index (χ1n) is 15.1. The van der Waals surface area contributed by atoms with Crippen molar-refractivity contribution < 1.29 is 33.7 Å². The lowest BCUT2D eigenvalue weighted by Crippen LogP contribution is -2.45. The number of hydroxylamine groups is 2. The lowest BCUT2D eigenvalue weighted by atomic mass is 9.87. The third-order valence-electron chi connectivity index (χ3n) is 7.40. The number of carbonyl (C=O) groups is 1. The van der Waals surface area contributed by atoms with Crippen LogP contribution in [0.3, 0.4) is 0 Å². The SMILES string of the molecule is CC(C)(C)OC(=O)ON1CCC(c2ccc(OCCOCc3ccccc3)cc2)C(OCc2cc(O)c3ccccc3c2)C1. The van der Waals surface area contributed by atoms with Gasteiger partial charge in [0, 0.05) is 17.8 Å². The topological polar surface area (TPSA) is 86.7 Å². The van der Waals surface area contributed by atoms with E-state index in [4.69, 9.17) is 23.8 Å². The molecule has 0 spiro atoms. The van der Waals surface area contributed by atoms with Crippen LogP contribution in [0.4, 0.5) is 4.79 Å². The minimum absolute atomic E-state index is 0.0609. The Kier molecular flexibility index (Phi) is 10.4. The largest absolute Gasteiger partial charge is 0.528 e. The van der Waals surface area contributed by atoms with Crippen molar-refractivity contribution in [2.24, 2.45) is 0 Å². The average molecular weight is 600 g/mol. The van der Waals surface area contributed by atoms with E-state index < -0.39 is 11.8 Å².